The Bertz CT molecular complexity index is 342. The van der Waals surface area contributed by atoms with Crippen LogP contribution >= 0.6 is 0 Å². The number of primary amides is 1. The molecular weight excluding hydrogens is 212 g/mol. The number of nitrogens with one attached hydrogen (secondary N) is 2. The second-order valence-electron chi connectivity index (χ2n) is 4.03. The first-order valence-electron chi connectivity index (χ1n) is 5.08. The summed E-state index contributed by atoms with van der Waals surface area (Å²) in [4.78, 5) is 34.2. The van der Waals surface area contributed by atoms with Gasteiger partial charge in [0.2, 0.25) is 0 Å². The zero-order chi connectivity index (χ0) is 12.5. The topological polar surface area (TPSA) is 105 Å². The molecule has 90 valence electrons. The molecule has 16 heavy (non-hydrogen) atoms. The molecule has 0 aromatic heterocycles. The molecule has 1 fully saturated rings. The average molecular weight is 228 g/mol. The SMILES string of the molecule is CCC1(C(C)C)NC(=O)N(NC(N)=O)C1=O. The lowest BCUT2D eigenvalue weighted by Crippen LogP contribution is -2.53. The second-order valence-corrected chi connectivity index (χ2v) is 4.03. The van der Waals surface area contributed by atoms with Crippen molar-refractivity contribution in [1.29, 1.82) is 0 Å². The molecule has 0 bridgehead atoms. The van der Waals surface area contributed by atoms with E-state index in [0.29, 0.717) is 11.4 Å². The summed E-state index contributed by atoms with van der Waals surface area (Å²) in [6.07, 6.45) is 0.451. The van der Waals surface area contributed by atoms with Gasteiger partial charge in [0.1, 0.15) is 5.54 Å². The fourth-order valence-corrected chi connectivity index (χ4v) is 1.84. The fraction of sp³-hybridized carbons (Fsp3) is 0.667. The van der Waals surface area contributed by atoms with Crippen molar-refractivity contribution >= 4 is 18.0 Å². The standard InChI is InChI=1S/C9H16N4O3/c1-4-9(5(2)3)6(14)13(8(16)11-9)12-7(10)15/h5H,4H2,1-3H3,(H,11,16)(H3,10,12,15). The molecule has 1 heterocycles. The zero-order valence-electron chi connectivity index (χ0n) is 9.53. The first-order valence-corrected chi connectivity index (χ1v) is 5.08. The maximum Gasteiger partial charge on any atom is 0.344 e. The first kappa shape index (κ1) is 12.3. The Morgan fingerprint density at radius 2 is 2.12 bits per heavy atom. The van der Waals surface area contributed by atoms with E-state index in [-0.39, 0.29) is 5.92 Å². The maximum absolute atomic E-state index is 12.0. The van der Waals surface area contributed by atoms with E-state index in [1.807, 2.05) is 19.3 Å². The van der Waals surface area contributed by atoms with Gasteiger partial charge in [-0.1, -0.05) is 20.8 Å². The van der Waals surface area contributed by atoms with Crippen molar-refractivity contribution in [3.8, 4) is 0 Å². The normalized spacial score (nSPS) is 24.9. The van der Waals surface area contributed by atoms with Crippen molar-refractivity contribution < 1.29 is 14.4 Å². The number of hydrazine groups is 1. The van der Waals surface area contributed by atoms with Crippen LogP contribution in [0.2, 0.25) is 0 Å². The monoisotopic (exact) mass is 228 g/mol. The molecule has 7 heteroatoms. The highest BCUT2D eigenvalue weighted by atomic mass is 16.2. The molecule has 1 aliphatic heterocycles. The summed E-state index contributed by atoms with van der Waals surface area (Å²) < 4.78 is 0. The van der Waals surface area contributed by atoms with Crippen LogP contribution in [0, 0.1) is 5.92 Å². The molecule has 1 atom stereocenters. The highest BCUT2D eigenvalue weighted by molar-refractivity contribution is 6.07. The third kappa shape index (κ3) is 1.68. The molecule has 0 spiro atoms. The van der Waals surface area contributed by atoms with E-state index in [1.165, 1.54) is 0 Å². The molecular formula is C9H16N4O3. The van der Waals surface area contributed by atoms with Crippen molar-refractivity contribution in [2.45, 2.75) is 32.7 Å². The Kier molecular flexibility index (Phi) is 3.06. The highest BCUT2D eigenvalue weighted by Crippen LogP contribution is 2.28. The minimum Gasteiger partial charge on any atom is -0.350 e. The molecule has 0 aromatic carbocycles. The molecule has 1 unspecified atom stereocenters. The van der Waals surface area contributed by atoms with E-state index in [0.717, 1.165) is 0 Å². The lowest BCUT2D eigenvalue weighted by atomic mass is 9.84. The van der Waals surface area contributed by atoms with Crippen LogP contribution in [-0.2, 0) is 4.79 Å². The summed E-state index contributed by atoms with van der Waals surface area (Å²) in [6, 6.07) is -1.60. The van der Waals surface area contributed by atoms with Crippen molar-refractivity contribution in [2.24, 2.45) is 11.7 Å². The number of amides is 5. The fourth-order valence-electron chi connectivity index (χ4n) is 1.84. The van der Waals surface area contributed by atoms with Gasteiger partial charge in [0, 0.05) is 0 Å². The van der Waals surface area contributed by atoms with Gasteiger partial charge in [0.25, 0.3) is 5.91 Å². The second kappa shape index (κ2) is 3.99. The largest absolute Gasteiger partial charge is 0.350 e. The first-order chi connectivity index (χ1) is 7.35. The van der Waals surface area contributed by atoms with E-state index in [2.05, 4.69) is 5.32 Å². The predicted octanol–water partition coefficient (Wildman–Crippen LogP) is -0.0737. The summed E-state index contributed by atoms with van der Waals surface area (Å²) in [7, 11) is 0. The molecule has 5 amide bonds. The number of nitrogens with two attached hydrogens (primary N) is 1. The van der Waals surface area contributed by atoms with Crippen molar-refractivity contribution in [3.63, 3.8) is 0 Å². The highest BCUT2D eigenvalue weighted by Gasteiger charge is 2.52. The van der Waals surface area contributed by atoms with Crippen LogP contribution in [0.5, 0.6) is 0 Å². The van der Waals surface area contributed by atoms with Crippen LogP contribution in [-0.4, -0.2) is 28.5 Å². The predicted molar refractivity (Wildman–Crippen MR) is 56.0 cm³/mol. The quantitative estimate of drug-likeness (QED) is 0.588. The molecule has 0 radical (unpaired) electrons. The van der Waals surface area contributed by atoms with Crippen LogP contribution in [0.15, 0.2) is 0 Å². The summed E-state index contributed by atoms with van der Waals surface area (Å²) in [6.45, 7) is 5.46. The Morgan fingerprint density at radius 1 is 1.56 bits per heavy atom. The molecule has 4 N–H and O–H groups in total. The lowest BCUT2D eigenvalue weighted by molar-refractivity contribution is -0.134. The third-order valence-electron chi connectivity index (χ3n) is 2.88. The Hall–Kier alpha value is -1.79. The smallest absolute Gasteiger partial charge is 0.344 e. The van der Waals surface area contributed by atoms with Gasteiger partial charge < -0.3 is 11.1 Å². The zero-order valence-corrected chi connectivity index (χ0v) is 9.53. The van der Waals surface area contributed by atoms with E-state index in [1.54, 1.807) is 6.92 Å². The number of carbonyl (C=O) groups is 3. The van der Waals surface area contributed by atoms with Gasteiger partial charge in [-0.05, 0) is 12.3 Å². The molecule has 0 aromatic rings. The van der Waals surface area contributed by atoms with Crippen LogP contribution in [0.4, 0.5) is 9.59 Å². The minimum atomic E-state index is -0.959. The summed E-state index contributed by atoms with van der Waals surface area (Å²) in [5, 5.41) is 3.22. The number of hydrogen-bond donors (Lipinski definition) is 3. The van der Waals surface area contributed by atoms with Crippen molar-refractivity contribution in [3.05, 3.63) is 0 Å². The molecule has 0 aliphatic carbocycles. The summed E-state index contributed by atoms with van der Waals surface area (Å²) >= 11 is 0. The van der Waals surface area contributed by atoms with Crippen LogP contribution < -0.4 is 16.5 Å². The van der Waals surface area contributed by atoms with E-state index < -0.39 is 23.5 Å². The van der Waals surface area contributed by atoms with E-state index >= 15 is 0 Å². The summed E-state index contributed by atoms with van der Waals surface area (Å²) in [5.74, 6) is -0.553. The number of carbonyl (C=O) groups excluding carboxylic acids is 3. The van der Waals surface area contributed by atoms with Crippen molar-refractivity contribution in [1.82, 2.24) is 15.8 Å². The third-order valence-corrected chi connectivity index (χ3v) is 2.88. The minimum absolute atomic E-state index is 0.0753. The van der Waals surface area contributed by atoms with E-state index in [9.17, 15) is 14.4 Å². The number of nitrogens with zero attached hydrogens (tertiary/aromatic N) is 1. The number of rotatable bonds is 3. The lowest BCUT2D eigenvalue weighted by Gasteiger charge is -2.29. The van der Waals surface area contributed by atoms with Gasteiger partial charge in [-0.2, -0.15) is 5.01 Å². The molecule has 1 saturated heterocycles. The van der Waals surface area contributed by atoms with Gasteiger partial charge in [-0.3, -0.25) is 4.79 Å². The number of imide groups is 1. The average Bonchev–Trinajstić information content (AvgIpc) is 2.42. The molecule has 1 aliphatic rings. The van der Waals surface area contributed by atoms with Gasteiger partial charge in [0.05, 0.1) is 0 Å². The Morgan fingerprint density at radius 3 is 2.44 bits per heavy atom. The van der Waals surface area contributed by atoms with Crippen LogP contribution in [0.1, 0.15) is 27.2 Å². The van der Waals surface area contributed by atoms with Crippen molar-refractivity contribution in [2.75, 3.05) is 0 Å². The maximum atomic E-state index is 12.0. The molecule has 0 saturated carbocycles. The molecule has 1 rings (SSSR count). The van der Waals surface area contributed by atoms with Crippen LogP contribution in [0.25, 0.3) is 0 Å². The van der Waals surface area contributed by atoms with Gasteiger partial charge in [0.15, 0.2) is 0 Å². The number of urea groups is 2. The van der Waals surface area contributed by atoms with Crippen LogP contribution in [0.3, 0.4) is 0 Å². The Balaban J connectivity index is 3.00. The van der Waals surface area contributed by atoms with Gasteiger partial charge >= 0.3 is 12.1 Å². The molecule has 7 nitrogen and oxygen atoms in total. The van der Waals surface area contributed by atoms with Gasteiger partial charge in [-0.25, -0.2) is 15.0 Å². The van der Waals surface area contributed by atoms with E-state index in [4.69, 9.17) is 5.73 Å². The van der Waals surface area contributed by atoms with Gasteiger partial charge in [-0.15, -0.1) is 0 Å². The Labute approximate surface area is 93.3 Å². The summed E-state index contributed by atoms with van der Waals surface area (Å²) in [5.41, 5.74) is 5.92. The number of hydrogen-bond acceptors (Lipinski definition) is 3.